The van der Waals surface area contributed by atoms with Gasteiger partial charge in [0.1, 0.15) is 18.1 Å². The number of benzene rings is 1. The minimum absolute atomic E-state index is 0.201. The molecule has 3 aromatic rings. The van der Waals surface area contributed by atoms with Crippen molar-refractivity contribution in [2.45, 2.75) is 19.7 Å². The molecule has 1 amide bonds. The van der Waals surface area contributed by atoms with Crippen molar-refractivity contribution in [3.8, 4) is 5.88 Å². The molecule has 3 rings (SSSR count). The van der Waals surface area contributed by atoms with Gasteiger partial charge < -0.3 is 10.5 Å². The summed E-state index contributed by atoms with van der Waals surface area (Å²) < 4.78 is 6.75. The second kappa shape index (κ2) is 9.45. The van der Waals surface area contributed by atoms with E-state index in [-0.39, 0.29) is 19.1 Å². The monoisotopic (exact) mass is 417 g/mol. The van der Waals surface area contributed by atoms with Crippen LogP contribution in [0.15, 0.2) is 55.0 Å². The smallest absolute Gasteiger partial charge is 0.268 e. The number of hydrogen-bond donors (Lipinski definition) is 1. The first-order valence-electron chi connectivity index (χ1n) is 8.36. The zero-order valence-corrected chi connectivity index (χ0v) is 16.3. The van der Waals surface area contributed by atoms with Crippen LogP contribution in [0.25, 0.3) is 0 Å². The van der Waals surface area contributed by atoms with Crippen molar-refractivity contribution in [1.29, 1.82) is 0 Å². The summed E-state index contributed by atoms with van der Waals surface area (Å²) in [6.45, 7) is 0.744. The highest BCUT2D eigenvalue weighted by Crippen LogP contribution is 2.16. The average molecular weight is 418 g/mol. The van der Waals surface area contributed by atoms with Gasteiger partial charge in [-0.05, 0) is 35.4 Å². The molecule has 0 saturated heterocycles. The molecule has 9 heteroatoms. The van der Waals surface area contributed by atoms with Gasteiger partial charge in [-0.2, -0.15) is 0 Å². The number of nitrogens with two attached hydrogens (primary N) is 1. The molecule has 28 heavy (non-hydrogen) atoms. The predicted molar refractivity (Wildman–Crippen MR) is 106 cm³/mol. The van der Waals surface area contributed by atoms with Gasteiger partial charge >= 0.3 is 0 Å². The number of nitrogens with zero attached hydrogens (tertiary/aromatic N) is 4. The summed E-state index contributed by atoms with van der Waals surface area (Å²) >= 11 is 12.0. The van der Waals surface area contributed by atoms with Crippen molar-refractivity contribution >= 4 is 29.3 Å². The van der Waals surface area contributed by atoms with Gasteiger partial charge in [0.25, 0.3) is 5.91 Å². The van der Waals surface area contributed by atoms with Gasteiger partial charge in [0.05, 0.1) is 12.2 Å². The Balaban J connectivity index is 1.65. The van der Waals surface area contributed by atoms with Crippen LogP contribution in [-0.2, 0) is 19.7 Å². The normalized spacial score (nSPS) is 10.5. The van der Waals surface area contributed by atoms with Gasteiger partial charge in [-0.25, -0.2) is 19.4 Å². The zero-order valence-electron chi connectivity index (χ0n) is 14.8. The Bertz CT molecular complexity index is 970. The van der Waals surface area contributed by atoms with E-state index in [0.29, 0.717) is 28.8 Å². The summed E-state index contributed by atoms with van der Waals surface area (Å²) in [5.74, 6) is 0.0876. The van der Waals surface area contributed by atoms with Crippen LogP contribution in [0.1, 0.15) is 27.2 Å². The molecule has 0 aliphatic heterocycles. The van der Waals surface area contributed by atoms with Crippen LogP contribution in [-0.4, -0.2) is 25.3 Å². The number of ether oxygens (including phenoxy) is 1. The van der Waals surface area contributed by atoms with Crippen molar-refractivity contribution in [3.05, 3.63) is 82.5 Å². The fourth-order valence-corrected chi connectivity index (χ4v) is 2.86. The fourth-order valence-electron chi connectivity index (χ4n) is 2.43. The molecule has 0 radical (unpaired) electrons. The summed E-state index contributed by atoms with van der Waals surface area (Å²) in [5.41, 5.74) is 8.27. The topological polar surface area (TPSA) is 94.2 Å². The van der Waals surface area contributed by atoms with Crippen LogP contribution in [0.4, 0.5) is 0 Å². The Morgan fingerprint density at radius 1 is 1.11 bits per heavy atom. The van der Waals surface area contributed by atoms with Gasteiger partial charge in [0, 0.05) is 36.1 Å². The van der Waals surface area contributed by atoms with Crippen molar-refractivity contribution in [1.82, 2.24) is 19.4 Å². The summed E-state index contributed by atoms with van der Waals surface area (Å²) in [6.07, 6.45) is 2.96. The lowest BCUT2D eigenvalue weighted by molar-refractivity contribution is 0.0857. The summed E-state index contributed by atoms with van der Waals surface area (Å²) in [5, 5.41) is 0.344. The van der Waals surface area contributed by atoms with E-state index in [4.69, 9.17) is 33.8 Å². The Morgan fingerprint density at radius 2 is 1.96 bits per heavy atom. The molecule has 2 aromatic heterocycles. The third-order valence-corrected chi connectivity index (χ3v) is 4.28. The number of pyridine rings is 1. The van der Waals surface area contributed by atoms with E-state index in [1.165, 1.54) is 6.33 Å². The van der Waals surface area contributed by atoms with Gasteiger partial charge in [-0.1, -0.05) is 23.7 Å². The standard InChI is InChI=1S/C19H17Cl2N5O2/c20-17-7-13(4-5-23-17)10-26(21)19(27)15-3-1-2-14(6-15)11-28-18-8-16(9-22)24-12-25-18/h1-8,12H,9-11,22H2. The number of carbonyl (C=O) groups is 1. The lowest BCUT2D eigenvalue weighted by atomic mass is 10.1. The summed E-state index contributed by atoms with van der Waals surface area (Å²) in [4.78, 5) is 24.6. The number of carbonyl (C=O) groups excluding carboxylic acids is 1. The molecule has 0 atom stereocenters. The third kappa shape index (κ3) is 5.39. The molecular formula is C19H17Cl2N5O2. The van der Waals surface area contributed by atoms with Gasteiger partial charge in [0.2, 0.25) is 5.88 Å². The fraction of sp³-hybridized carbons (Fsp3) is 0.158. The molecule has 1 aromatic carbocycles. The lowest BCUT2D eigenvalue weighted by Gasteiger charge is -2.15. The van der Waals surface area contributed by atoms with E-state index in [0.717, 1.165) is 15.5 Å². The first-order valence-corrected chi connectivity index (χ1v) is 9.07. The Kier molecular flexibility index (Phi) is 6.76. The SMILES string of the molecule is NCc1cc(OCc2cccc(C(=O)N(Cl)Cc3ccnc(Cl)c3)c2)ncn1. The highest BCUT2D eigenvalue weighted by molar-refractivity contribution is 6.29. The van der Waals surface area contributed by atoms with E-state index >= 15 is 0 Å². The van der Waals surface area contributed by atoms with Gasteiger partial charge in [0.15, 0.2) is 0 Å². The van der Waals surface area contributed by atoms with Crippen LogP contribution in [0, 0.1) is 0 Å². The molecule has 0 bridgehead atoms. The van der Waals surface area contributed by atoms with Gasteiger partial charge in [-0.3, -0.25) is 4.79 Å². The molecule has 0 unspecified atom stereocenters. The molecule has 2 heterocycles. The molecule has 0 saturated carbocycles. The van der Waals surface area contributed by atoms with Crippen LogP contribution in [0.5, 0.6) is 5.88 Å². The molecule has 7 nitrogen and oxygen atoms in total. The molecule has 0 fully saturated rings. The lowest BCUT2D eigenvalue weighted by Crippen LogP contribution is -2.21. The zero-order chi connectivity index (χ0) is 19.9. The number of rotatable bonds is 7. The van der Waals surface area contributed by atoms with E-state index < -0.39 is 0 Å². The first-order chi connectivity index (χ1) is 13.5. The van der Waals surface area contributed by atoms with Crippen LogP contribution >= 0.6 is 23.4 Å². The Labute approximate surface area is 172 Å². The van der Waals surface area contributed by atoms with Gasteiger partial charge in [-0.15, -0.1) is 0 Å². The van der Waals surface area contributed by atoms with E-state index in [1.54, 1.807) is 42.6 Å². The van der Waals surface area contributed by atoms with Crippen molar-refractivity contribution < 1.29 is 9.53 Å². The number of aromatic nitrogens is 3. The number of amides is 1. The molecular weight excluding hydrogens is 401 g/mol. The second-order valence-corrected chi connectivity index (χ2v) is 6.65. The van der Waals surface area contributed by atoms with E-state index in [9.17, 15) is 4.79 Å². The van der Waals surface area contributed by atoms with Crippen LogP contribution in [0.2, 0.25) is 5.15 Å². The largest absolute Gasteiger partial charge is 0.473 e. The molecule has 144 valence electrons. The maximum atomic E-state index is 12.6. The Hall–Kier alpha value is -2.74. The molecule has 0 aliphatic carbocycles. The predicted octanol–water partition coefficient (Wildman–Crippen LogP) is 3.36. The van der Waals surface area contributed by atoms with E-state index in [2.05, 4.69) is 15.0 Å². The summed E-state index contributed by atoms with van der Waals surface area (Å²) in [7, 11) is 0. The molecule has 2 N–H and O–H groups in total. The Morgan fingerprint density at radius 3 is 2.75 bits per heavy atom. The minimum Gasteiger partial charge on any atom is -0.473 e. The summed E-state index contributed by atoms with van der Waals surface area (Å²) in [6, 6.07) is 12.1. The first kappa shape index (κ1) is 20.0. The maximum absolute atomic E-state index is 12.6. The van der Waals surface area contributed by atoms with E-state index in [1.807, 2.05) is 6.07 Å². The third-order valence-electron chi connectivity index (χ3n) is 3.80. The van der Waals surface area contributed by atoms with Crippen LogP contribution < -0.4 is 10.5 Å². The number of halogens is 2. The molecule has 0 aliphatic rings. The average Bonchev–Trinajstić information content (AvgIpc) is 2.72. The van der Waals surface area contributed by atoms with Crippen LogP contribution in [0.3, 0.4) is 0 Å². The highest BCUT2D eigenvalue weighted by Gasteiger charge is 2.15. The minimum atomic E-state index is -0.330. The van der Waals surface area contributed by atoms with Crippen molar-refractivity contribution in [3.63, 3.8) is 0 Å². The molecule has 0 spiro atoms. The second-order valence-electron chi connectivity index (χ2n) is 5.85. The van der Waals surface area contributed by atoms with Crippen molar-refractivity contribution in [2.75, 3.05) is 0 Å². The highest BCUT2D eigenvalue weighted by atomic mass is 35.5. The quantitative estimate of drug-likeness (QED) is 0.467. The maximum Gasteiger partial charge on any atom is 0.268 e. The number of hydrogen-bond acceptors (Lipinski definition) is 6. The van der Waals surface area contributed by atoms with Crippen molar-refractivity contribution in [2.24, 2.45) is 5.73 Å².